The number of nitrogens with zero attached hydrogens (tertiary/aromatic N) is 8. The van der Waals surface area contributed by atoms with E-state index in [2.05, 4.69) is 43.6 Å². The van der Waals surface area contributed by atoms with Crippen molar-refractivity contribution in [1.82, 2.24) is 29.9 Å². The molecule has 3 aromatic rings. The molecule has 0 amide bonds. The van der Waals surface area contributed by atoms with E-state index in [0.29, 0.717) is 45.5 Å². The Morgan fingerprint density at radius 3 is 1.80 bits per heavy atom. The van der Waals surface area contributed by atoms with Crippen molar-refractivity contribution in [3.05, 3.63) is 40.2 Å². The average molecular weight is 626 g/mol. The van der Waals surface area contributed by atoms with Crippen molar-refractivity contribution in [2.75, 3.05) is 55.1 Å². The average Bonchev–Trinajstić information content (AvgIpc) is 3.48. The molecule has 7 rings (SSSR count). The van der Waals surface area contributed by atoms with E-state index in [-0.39, 0.29) is 23.3 Å². The maximum Gasteiger partial charge on any atom is 0.224 e. The minimum absolute atomic E-state index is 0.232. The zero-order valence-electron chi connectivity index (χ0n) is 26.1. The summed E-state index contributed by atoms with van der Waals surface area (Å²) in [6.07, 6.45) is 3.30. The van der Waals surface area contributed by atoms with Crippen LogP contribution in [0.1, 0.15) is 64.1 Å². The van der Waals surface area contributed by atoms with Gasteiger partial charge in [0.25, 0.3) is 0 Å². The van der Waals surface area contributed by atoms with Gasteiger partial charge in [-0.1, -0.05) is 0 Å². The number of halogens is 1. The number of fused-ring (bicyclic) bond motifs is 2. The molecule has 0 bridgehead atoms. The molecule has 3 aromatic heterocycles. The molecule has 14 heteroatoms. The van der Waals surface area contributed by atoms with Crippen molar-refractivity contribution in [3.8, 4) is 11.4 Å². The van der Waals surface area contributed by atoms with Crippen LogP contribution in [0.3, 0.4) is 0 Å². The van der Waals surface area contributed by atoms with Gasteiger partial charge in [-0.3, -0.25) is 0 Å². The van der Waals surface area contributed by atoms with Gasteiger partial charge >= 0.3 is 0 Å². The fourth-order valence-electron chi connectivity index (χ4n) is 5.96. The first-order valence-electron chi connectivity index (χ1n) is 15.0. The van der Waals surface area contributed by atoms with Crippen LogP contribution in [0.2, 0.25) is 5.28 Å². The van der Waals surface area contributed by atoms with Gasteiger partial charge in [-0.05, 0) is 53.1 Å². The summed E-state index contributed by atoms with van der Waals surface area (Å²) < 4.78 is 22.8. The summed E-state index contributed by atoms with van der Waals surface area (Å²) in [5, 5.41) is 0.283. The molecule has 2 saturated heterocycles. The first-order valence-corrected chi connectivity index (χ1v) is 15.4. The standard InChI is InChI=1S/C17H22N6O2.C13H18ClN3O2/c1-10-8-24-5-4-23(10)15-12-9-25-17(2,3)13(12)21-14(22-15)11-6-19-16(18)20-7-11;1-8-6-18-5-4-17(8)11-9-7-19-13(2,3)10(9)15-12(14)16-11/h6-7,10H,4-5,8-9H2,1-3H3,(H2,18,19,20);8H,4-7H2,1-3H3/t10-;8-/m00/s1. The third kappa shape index (κ3) is 5.91. The van der Waals surface area contributed by atoms with E-state index in [1.54, 1.807) is 12.4 Å². The molecule has 0 saturated carbocycles. The summed E-state index contributed by atoms with van der Waals surface area (Å²) in [5.41, 5.74) is 9.42. The second-order valence-electron chi connectivity index (χ2n) is 12.5. The lowest BCUT2D eigenvalue weighted by atomic mass is 10.0. The summed E-state index contributed by atoms with van der Waals surface area (Å²) in [7, 11) is 0. The molecule has 44 heavy (non-hydrogen) atoms. The van der Waals surface area contributed by atoms with E-state index in [9.17, 15) is 0 Å². The van der Waals surface area contributed by atoms with Gasteiger partial charge in [0.2, 0.25) is 11.2 Å². The van der Waals surface area contributed by atoms with Crippen molar-refractivity contribution >= 4 is 29.2 Å². The summed E-state index contributed by atoms with van der Waals surface area (Å²) in [4.78, 5) is 31.0. The molecule has 7 heterocycles. The largest absolute Gasteiger partial charge is 0.377 e. The highest BCUT2D eigenvalue weighted by molar-refractivity contribution is 6.28. The van der Waals surface area contributed by atoms with Crippen LogP contribution in [0.25, 0.3) is 11.4 Å². The maximum atomic E-state index is 6.09. The second kappa shape index (κ2) is 11.9. The SMILES string of the molecule is C[C@H]1COCCN1c1nc(-c2cnc(N)nc2)nc2c1COC2(C)C.C[C@H]1COCCN1c1nc(Cl)nc2c1COC2(C)C. The Bertz CT molecular complexity index is 1520. The number of nitrogens with two attached hydrogens (primary N) is 1. The number of nitrogen functional groups attached to an aromatic ring is 1. The third-order valence-electron chi connectivity index (χ3n) is 8.45. The monoisotopic (exact) mass is 625 g/mol. The normalized spacial score (nSPS) is 23.5. The molecule has 0 aromatic carbocycles. The van der Waals surface area contributed by atoms with Gasteiger partial charge in [-0.2, -0.15) is 0 Å². The Labute approximate surface area is 262 Å². The van der Waals surface area contributed by atoms with E-state index in [1.807, 2.05) is 27.7 Å². The highest BCUT2D eigenvalue weighted by atomic mass is 35.5. The van der Waals surface area contributed by atoms with Crippen molar-refractivity contribution in [1.29, 1.82) is 0 Å². The molecular weight excluding hydrogens is 586 g/mol. The first-order chi connectivity index (χ1) is 20.9. The fraction of sp³-hybridized carbons (Fsp3) is 0.600. The highest BCUT2D eigenvalue weighted by Gasteiger charge is 2.39. The number of hydrogen-bond acceptors (Lipinski definition) is 13. The lowest BCUT2D eigenvalue weighted by molar-refractivity contribution is -0.0103. The molecule has 0 radical (unpaired) electrons. The lowest BCUT2D eigenvalue weighted by Gasteiger charge is -2.35. The smallest absolute Gasteiger partial charge is 0.224 e. The molecular formula is C30H40ClN9O4. The number of ether oxygens (including phenoxy) is 4. The molecule has 0 spiro atoms. The van der Waals surface area contributed by atoms with Crippen LogP contribution in [0.4, 0.5) is 17.6 Å². The first kappa shape index (κ1) is 30.8. The number of aromatic nitrogens is 6. The van der Waals surface area contributed by atoms with E-state index in [4.69, 9.17) is 46.3 Å². The predicted octanol–water partition coefficient (Wildman–Crippen LogP) is 3.63. The second-order valence-corrected chi connectivity index (χ2v) is 12.8. The Hall–Kier alpha value is -3.23. The van der Waals surface area contributed by atoms with E-state index in [1.165, 1.54) is 0 Å². The van der Waals surface area contributed by atoms with Crippen LogP contribution in [0.5, 0.6) is 0 Å². The number of anilines is 3. The zero-order chi connectivity index (χ0) is 31.2. The van der Waals surface area contributed by atoms with Crippen molar-refractivity contribution in [3.63, 3.8) is 0 Å². The molecule has 4 aliphatic rings. The van der Waals surface area contributed by atoms with E-state index < -0.39 is 11.2 Å². The molecule has 2 fully saturated rings. The van der Waals surface area contributed by atoms with Crippen LogP contribution < -0.4 is 15.5 Å². The van der Waals surface area contributed by atoms with Gasteiger partial charge in [-0.15, -0.1) is 0 Å². The van der Waals surface area contributed by atoms with Gasteiger partial charge in [0, 0.05) is 36.6 Å². The minimum atomic E-state index is -0.452. The summed E-state index contributed by atoms with van der Waals surface area (Å²) >= 11 is 6.09. The number of rotatable bonds is 3. The molecule has 0 aliphatic carbocycles. The van der Waals surface area contributed by atoms with Crippen molar-refractivity contribution in [2.45, 2.75) is 78.0 Å². The van der Waals surface area contributed by atoms with Crippen LogP contribution in [0, 0.1) is 0 Å². The molecule has 2 atom stereocenters. The van der Waals surface area contributed by atoms with Gasteiger partial charge < -0.3 is 34.5 Å². The lowest BCUT2D eigenvalue weighted by Crippen LogP contribution is -2.44. The minimum Gasteiger partial charge on any atom is -0.377 e. The Balaban J connectivity index is 0.000000162. The van der Waals surface area contributed by atoms with E-state index in [0.717, 1.165) is 52.8 Å². The van der Waals surface area contributed by atoms with Gasteiger partial charge in [0.15, 0.2) is 5.82 Å². The number of morpholine rings is 2. The van der Waals surface area contributed by atoms with E-state index >= 15 is 0 Å². The van der Waals surface area contributed by atoms with Crippen LogP contribution in [0.15, 0.2) is 12.4 Å². The van der Waals surface area contributed by atoms with Crippen molar-refractivity contribution in [2.24, 2.45) is 0 Å². The molecule has 4 aliphatic heterocycles. The summed E-state index contributed by atoms with van der Waals surface area (Å²) in [6.45, 7) is 17.8. The fourth-order valence-corrected chi connectivity index (χ4v) is 6.13. The number of hydrogen-bond donors (Lipinski definition) is 1. The molecule has 236 valence electrons. The molecule has 0 unspecified atom stereocenters. The zero-order valence-corrected chi connectivity index (χ0v) is 26.9. The van der Waals surface area contributed by atoms with Crippen molar-refractivity contribution < 1.29 is 18.9 Å². The summed E-state index contributed by atoms with van der Waals surface area (Å²) in [6, 6.07) is 0.527. The molecule has 2 N–H and O–H groups in total. The summed E-state index contributed by atoms with van der Waals surface area (Å²) in [5.74, 6) is 2.64. The van der Waals surface area contributed by atoms with Crippen LogP contribution in [-0.2, 0) is 43.4 Å². The quantitative estimate of drug-likeness (QED) is 0.423. The Kier molecular flexibility index (Phi) is 8.35. The predicted molar refractivity (Wildman–Crippen MR) is 165 cm³/mol. The third-order valence-corrected chi connectivity index (χ3v) is 8.62. The van der Waals surface area contributed by atoms with Crippen LogP contribution in [-0.4, -0.2) is 81.5 Å². The van der Waals surface area contributed by atoms with Gasteiger partial charge in [-0.25, -0.2) is 29.9 Å². The maximum absolute atomic E-state index is 6.09. The van der Waals surface area contributed by atoms with Gasteiger partial charge in [0.1, 0.15) is 22.8 Å². The highest BCUT2D eigenvalue weighted by Crippen LogP contribution is 2.41. The Morgan fingerprint density at radius 1 is 0.773 bits per heavy atom. The van der Waals surface area contributed by atoms with Crippen LogP contribution >= 0.6 is 11.6 Å². The molecule has 13 nitrogen and oxygen atoms in total. The topological polar surface area (TPSA) is 147 Å². The van der Waals surface area contributed by atoms with Gasteiger partial charge in [0.05, 0.1) is 68.7 Å². The Morgan fingerprint density at radius 2 is 1.27 bits per heavy atom.